The Morgan fingerprint density at radius 1 is 1.20 bits per heavy atom. The van der Waals surface area contributed by atoms with Crippen LogP contribution in [0.2, 0.25) is 0 Å². The number of amides is 1. The summed E-state index contributed by atoms with van der Waals surface area (Å²) in [5, 5.41) is 5.87. The number of ether oxygens (including phenoxy) is 1. The highest BCUT2D eigenvalue weighted by Gasteiger charge is 2.35. The third kappa shape index (κ3) is 3.27. The molecule has 1 amide bonds. The van der Waals surface area contributed by atoms with Gasteiger partial charge in [-0.2, -0.15) is 0 Å². The van der Waals surface area contributed by atoms with Gasteiger partial charge in [0.05, 0.1) is 10.3 Å². The van der Waals surface area contributed by atoms with E-state index in [9.17, 15) is 4.79 Å². The number of carbonyl (C=O) groups excluding carboxylic acids is 1. The predicted octanol–water partition coefficient (Wildman–Crippen LogP) is 4.11. The summed E-state index contributed by atoms with van der Waals surface area (Å²) >= 11 is 1.50. The molecule has 1 aliphatic heterocycles. The number of hydrogen-bond donors (Lipinski definition) is 1. The van der Waals surface area contributed by atoms with Crippen molar-refractivity contribution < 1.29 is 9.53 Å². The molecule has 3 heterocycles. The summed E-state index contributed by atoms with van der Waals surface area (Å²) in [5.41, 5.74) is 0.717. The van der Waals surface area contributed by atoms with Crippen LogP contribution in [0.3, 0.4) is 0 Å². The molecule has 5 nitrogen and oxygen atoms in total. The number of thiazole rings is 1. The number of aromatic nitrogens is 2. The van der Waals surface area contributed by atoms with Crippen molar-refractivity contribution in [3.63, 3.8) is 0 Å². The molecule has 1 aliphatic rings. The summed E-state index contributed by atoms with van der Waals surface area (Å²) in [6, 6.07) is 8.23. The SMILES string of the molecule is CC1(C(=O)Nc2ncc(-c3ccc4cnccc4c3)s2)CCOCC1. The van der Waals surface area contributed by atoms with Gasteiger partial charge in [0.1, 0.15) is 0 Å². The van der Waals surface area contributed by atoms with E-state index in [0.717, 1.165) is 34.1 Å². The Balaban J connectivity index is 1.54. The van der Waals surface area contributed by atoms with Crippen LogP contribution in [0.5, 0.6) is 0 Å². The maximum atomic E-state index is 12.6. The molecular formula is C19H19N3O2S. The number of anilines is 1. The quantitative estimate of drug-likeness (QED) is 0.769. The van der Waals surface area contributed by atoms with E-state index in [-0.39, 0.29) is 11.3 Å². The largest absolute Gasteiger partial charge is 0.381 e. The second kappa shape index (κ2) is 6.54. The van der Waals surface area contributed by atoms with Crippen LogP contribution in [0.15, 0.2) is 42.9 Å². The Morgan fingerprint density at radius 3 is 2.88 bits per heavy atom. The van der Waals surface area contributed by atoms with Crippen LogP contribution in [0.25, 0.3) is 21.2 Å². The minimum Gasteiger partial charge on any atom is -0.381 e. The summed E-state index contributed by atoms with van der Waals surface area (Å²) in [7, 11) is 0. The minimum absolute atomic E-state index is 0.0290. The molecule has 1 aromatic carbocycles. The molecule has 6 heteroatoms. The molecule has 0 spiro atoms. The van der Waals surface area contributed by atoms with E-state index in [0.29, 0.717) is 18.3 Å². The Labute approximate surface area is 150 Å². The molecule has 0 aliphatic carbocycles. The van der Waals surface area contributed by atoms with Crippen molar-refractivity contribution in [2.75, 3.05) is 18.5 Å². The molecule has 1 saturated heterocycles. The first kappa shape index (κ1) is 16.2. The Bertz CT molecular complexity index is 916. The number of rotatable bonds is 3. The molecule has 0 atom stereocenters. The van der Waals surface area contributed by atoms with E-state index in [1.165, 1.54) is 11.3 Å². The number of fused-ring (bicyclic) bond motifs is 1. The van der Waals surface area contributed by atoms with Gasteiger partial charge in [-0.3, -0.25) is 9.78 Å². The first-order valence-electron chi connectivity index (χ1n) is 8.33. The van der Waals surface area contributed by atoms with Crippen LogP contribution in [-0.2, 0) is 9.53 Å². The normalized spacial score (nSPS) is 16.7. The summed E-state index contributed by atoms with van der Waals surface area (Å²) in [6.07, 6.45) is 6.95. The zero-order chi connectivity index (χ0) is 17.3. The second-order valence-corrected chi connectivity index (χ2v) is 7.63. The number of hydrogen-bond acceptors (Lipinski definition) is 5. The van der Waals surface area contributed by atoms with Gasteiger partial charge >= 0.3 is 0 Å². The van der Waals surface area contributed by atoms with Crippen molar-refractivity contribution in [1.29, 1.82) is 0 Å². The van der Waals surface area contributed by atoms with Gasteiger partial charge in [-0.1, -0.05) is 30.4 Å². The number of benzene rings is 1. The minimum atomic E-state index is -0.375. The van der Waals surface area contributed by atoms with Crippen molar-refractivity contribution in [2.24, 2.45) is 5.41 Å². The first-order valence-corrected chi connectivity index (χ1v) is 9.15. The number of pyridine rings is 1. The zero-order valence-corrected chi connectivity index (χ0v) is 14.8. The first-order chi connectivity index (χ1) is 12.1. The zero-order valence-electron chi connectivity index (χ0n) is 14.0. The van der Waals surface area contributed by atoms with Crippen molar-refractivity contribution in [3.05, 3.63) is 42.9 Å². The van der Waals surface area contributed by atoms with E-state index in [4.69, 9.17) is 4.74 Å². The summed E-state index contributed by atoms with van der Waals surface area (Å²) in [5.74, 6) is 0.0290. The molecule has 1 fully saturated rings. The highest BCUT2D eigenvalue weighted by molar-refractivity contribution is 7.19. The second-order valence-electron chi connectivity index (χ2n) is 6.59. The molecular weight excluding hydrogens is 334 g/mol. The van der Waals surface area contributed by atoms with Crippen LogP contribution >= 0.6 is 11.3 Å². The van der Waals surface area contributed by atoms with E-state index in [1.54, 1.807) is 6.20 Å². The van der Waals surface area contributed by atoms with Gasteiger partial charge in [0, 0.05) is 37.2 Å². The lowest BCUT2D eigenvalue weighted by Crippen LogP contribution is -2.38. The maximum absolute atomic E-state index is 12.6. The van der Waals surface area contributed by atoms with Gasteiger partial charge in [0.15, 0.2) is 5.13 Å². The van der Waals surface area contributed by atoms with Crippen molar-refractivity contribution in [1.82, 2.24) is 9.97 Å². The van der Waals surface area contributed by atoms with Crippen molar-refractivity contribution in [3.8, 4) is 10.4 Å². The standard InChI is InChI=1S/C19H19N3O2S/c1-19(5-8-24-9-6-19)17(23)22-18-21-12-16(25-18)14-2-3-15-11-20-7-4-13(15)10-14/h2-4,7,10-12H,5-6,8-9H2,1H3,(H,21,22,23). The molecule has 0 unspecified atom stereocenters. The fourth-order valence-corrected chi connectivity index (χ4v) is 3.81. The molecule has 1 N–H and O–H groups in total. The Kier molecular flexibility index (Phi) is 4.23. The van der Waals surface area contributed by atoms with Gasteiger partial charge in [-0.25, -0.2) is 4.98 Å². The van der Waals surface area contributed by atoms with E-state index in [1.807, 2.05) is 25.4 Å². The van der Waals surface area contributed by atoms with E-state index in [2.05, 4.69) is 33.5 Å². The fourth-order valence-electron chi connectivity index (χ4n) is 3.00. The van der Waals surface area contributed by atoms with Crippen LogP contribution in [-0.4, -0.2) is 29.1 Å². The van der Waals surface area contributed by atoms with Crippen LogP contribution in [0, 0.1) is 5.41 Å². The van der Waals surface area contributed by atoms with Crippen molar-refractivity contribution in [2.45, 2.75) is 19.8 Å². The number of nitrogens with one attached hydrogen (secondary N) is 1. The molecule has 3 aromatic rings. The maximum Gasteiger partial charge on any atom is 0.232 e. The molecule has 4 rings (SSSR count). The highest BCUT2D eigenvalue weighted by Crippen LogP contribution is 2.34. The van der Waals surface area contributed by atoms with Crippen molar-refractivity contribution >= 4 is 33.1 Å². The van der Waals surface area contributed by atoms with Gasteiger partial charge in [-0.15, -0.1) is 0 Å². The number of carbonyl (C=O) groups is 1. The van der Waals surface area contributed by atoms with Crippen LogP contribution in [0.1, 0.15) is 19.8 Å². The van der Waals surface area contributed by atoms with Gasteiger partial charge in [-0.05, 0) is 35.9 Å². The lowest BCUT2D eigenvalue weighted by molar-refractivity contribution is -0.129. The predicted molar refractivity (Wildman–Crippen MR) is 99.6 cm³/mol. The highest BCUT2D eigenvalue weighted by atomic mass is 32.1. The third-order valence-corrected chi connectivity index (χ3v) is 5.76. The lowest BCUT2D eigenvalue weighted by Gasteiger charge is -2.31. The fraction of sp³-hybridized carbons (Fsp3) is 0.316. The molecule has 128 valence electrons. The topological polar surface area (TPSA) is 64.1 Å². The average molecular weight is 353 g/mol. The molecule has 0 saturated carbocycles. The van der Waals surface area contributed by atoms with Gasteiger partial charge in [0.25, 0.3) is 0 Å². The summed E-state index contributed by atoms with van der Waals surface area (Å²) in [4.78, 5) is 22.2. The van der Waals surface area contributed by atoms with Crippen LogP contribution < -0.4 is 5.32 Å². The average Bonchev–Trinajstić information content (AvgIpc) is 3.10. The smallest absolute Gasteiger partial charge is 0.232 e. The molecule has 2 aromatic heterocycles. The number of nitrogens with zero attached hydrogens (tertiary/aromatic N) is 2. The summed E-state index contributed by atoms with van der Waals surface area (Å²) in [6.45, 7) is 3.27. The van der Waals surface area contributed by atoms with Gasteiger partial charge in [0.2, 0.25) is 5.91 Å². The Hall–Kier alpha value is -2.31. The van der Waals surface area contributed by atoms with E-state index >= 15 is 0 Å². The van der Waals surface area contributed by atoms with E-state index < -0.39 is 0 Å². The molecule has 25 heavy (non-hydrogen) atoms. The lowest BCUT2D eigenvalue weighted by atomic mass is 9.81. The molecule has 0 radical (unpaired) electrons. The monoisotopic (exact) mass is 353 g/mol. The Morgan fingerprint density at radius 2 is 2.04 bits per heavy atom. The van der Waals surface area contributed by atoms with Crippen LogP contribution in [0.4, 0.5) is 5.13 Å². The summed E-state index contributed by atoms with van der Waals surface area (Å²) < 4.78 is 5.36. The third-order valence-electron chi connectivity index (χ3n) is 4.80. The van der Waals surface area contributed by atoms with Gasteiger partial charge < -0.3 is 10.1 Å². The molecule has 0 bridgehead atoms.